The highest BCUT2D eigenvalue weighted by molar-refractivity contribution is 7.45. The normalized spacial score (nSPS) is 13.9. The molecule has 8 nitrogen and oxygen atoms in total. The van der Waals surface area contributed by atoms with Crippen LogP contribution in [0.1, 0.15) is 296 Å². The van der Waals surface area contributed by atoms with Crippen molar-refractivity contribution in [2.45, 2.75) is 309 Å². The van der Waals surface area contributed by atoms with Gasteiger partial charge >= 0.3 is 0 Å². The third-order valence-electron chi connectivity index (χ3n) is 13.3. The molecule has 9 heteroatoms. The number of likely N-dealkylation sites (N-methyl/N-ethyl adjacent to an activating group) is 1. The molecule has 3 unspecified atom stereocenters. The van der Waals surface area contributed by atoms with E-state index in [9.17, 15) is 19.4 Å². The molecule has 0 spiro atoms. The number of hydrogen-bond acceptors (Lipinski definition) is 6. The maximum absolute atomic E-state index is 12.9. The number of carbonyl (C=O) groups is 1. The fourth-order valence-electron chi connectivity index (χ4n) is 8.87. The van der Waals surface area contributed by atoms with E-state index in [1.54, 1.807) is 0 Å². The summed E-state index contributed by atoms with van der Waals surface area (Å²) in [4.78, 5) is 25.4. The van der Waals surface area contributed by atoms with Crippen LogP contribution < -0.4 is 10.2 Å². The number of phosphoric acid groups is 1. The van der Waals surface area contributed by atoms with Crippen LogP contribution in [0.15, 0.2) is 0 Å². The fourth-order valence-corrected chi connectivity index (χ4v) is 9.59. The zero-order valence-electron chi connectivity index (χ0n) is 43.8. The van der Waals surface area contributed by atoms with Gasteiger partial charge in [0.25, 0.3) is 7.82 Å². The number of unbranched alkanes of at least 4 members (excludes halogenated alkanes) is 40. The molecule has 384 valence electrons. The molecule has 64 heavy (non-hydrogen) atoms. The number of nitrogens with one attached hydrogen (secondary N) is 1. The van der Waals surface area contributed by atoms with Gasteiger partial charge in [-0.2, -0.15) is 0 Å². The first-order chi connectivity index (χ1) is 31.0. The summed E-state index contributed by atoms with van der Waals surface area (Å²) in [6, 6.07) is -0.793. The van der Waals surface area contributed by atoms with Crippen LogP contribution in [0.25, 0.3) is 0 Å². The zero-order chi connectivity index (χ0) is 47.1. The molecule has 0 aliphatic heterocycles. The summed E-state index contributed by atoms with van der Waals surface area (Å²) in [6.45, 7) is 4.76. The third kappa shape index (κ3) is 49.4. The first-order valence-electron chi connectivity index (χ1n) is 28.4. The van der Waals surface area contributed by atoms with Crippen molar-refractivity contribution in [3.8, 4) is 0 Å². The summed E-state index contributed by atoms with van der Waals surface area (Å²) in [5, 5.41) is 14.0. The topological polar surface area (TPSA) is 108 Å². The molecule has 3 atom stereocenters. The standard InChI is InChI=1S/C55H113N2O6P/c1-6-8-10-12-14-16-18-20-21-22-23-24-25-26-27-28-29-30-31-32-33-34-35-36-37-39-41-43-45-47-49-55(59)56-53(52-63-64(60,61)62-51-50-57(3,4)5)54(58)48-46-44-42-40-38-19-17-15-13-11-9-7-2/h53-54,58H,6-52H2,1-5H3,(H-,56,59,60,61). The molecule has 0 aliphatic rings. The SMILES string of the molecule is CCCCCCCCCCCCCCCCCCCCCCCCCCCCCCCCC(=O)NC(COP(=O)([O-])OCC[N+](C)(C)C)C(O)CCCCCCCCCCCCCC. The molecule has 0 heterocycles. The van der Waals surface area contributed by atoms with Crippen LogP contribution in [0, 0.1) is 0 Å². The molecule has 0 saturated heterocycles. The Hall–Kier alpha value is -0.500. The van der Waals surface area contributed by atoms with Gasteiger partial charge in [0.15, 0.2) is 0 Å². The van der Waals surface area contributed by atoms with Gasteiger partial charge in [-0.15, -0.1) is 0 Å². The summed E-state index contributed by atoms with van der Waals surface area (Å²) in [6.07, 6.45) is 55.8. The molecule has 0 aromatic heterocycles. The average Bonchev–Trinajstić information content (AvgIpc) is 3.25. The van der Waals surface area contributed by atoms with Crippen molar-refractivity contribution in [2.24, 2.45) is 0 Å². The Morgan fingerprint density at radius 3 is 1.06 bits per heavy atom. The van der Waals surface area contributed by atoms with Gasteiger partial charge in [0.2, 0.25) is 5.91 Å². The van der Waals surface area contributed by atoms with E-state index in [-0.39, 0.29) is 19.1 Å². The van der Waals surface area contributed by atoms with Crippen molar-refractivity contribution in [1.29, 1.82) is 0 Å². The number of rotatable bonds is 53. The number of hydrogen-bond donors (Lipinski definition) is 2. The molecule has 2 N–H and O–H groups in total. The van der Waals surface area contributed by atoms with Crippen molar-refractivity contribution in [3.05, 3.63) is 0 Å². The maximum Gasteiger partial charge on any atom is 0.268 e. The lowest BCUT2D eigenvalue weighted by Crippen LogP contribution is -2.46. The Kier molecular flexibility index (Phi) is 47.2. The third-order valence-corrected chi connectivity index (χ3v) is 14.3. The van der Waals surface area contributed by atoms with Gasteiger partial charge in [0.05, 0.1) is 39.9 Å². The van der Waals surface area contributed by atoms with Crippen LogP contribution in [-0.2, 0) is 18.4 Å². The monoisotopic (exact) mass is 929 g/mol. The van der Waals surface area contributed by atoms with Gasteiger partial charge in [-0.05, 0) is 12.8 Å². The lowest BCUT2D eigenvalue weighted by atomic mass is 10.0. The molecule has 0 aliphatic carbocycles. The van der Waals surface area contributed by atoms with E-state index in [0.29, 0.717) is 23.9 Å². The lowest BCUT2D eigenvalue weighted by molar-refractivity contribution is -0.870. The highest BCUT2D eigenvalue weighted by Gasteiger charge is 2.24. The van der Waals surface area contributed by atoms with Crippen LogP contribution >= 0.6 is 7.82 Å². The van der Waals surface area contributed by atoms with E-state index in [1.165, 1.54) is 231 Å². The van der Waals surface area contributed by atoms with Gasteiger partial charge in [-0.1, -0.05) is 277 Å². The smallest absolute Gasteiger partial charge is 0.268 e. The molecule has 0 aromatic carbocycles. The Morgan fingerprint density at radius 2 is 0.766 bits per heavy atom. The van der Waals surface area contributed by atoms with Gasteiger partial charge < -0.3 is 28.8 Å². The van der Waals surface area contributed by atoms with Crippen molar-refractivity contribution < 1.29 is 32.9 Å². The molecule has 0 saturated carbocycles. The minimum atomic E-state index is -4.56. The van der Waals surface area contributed by atoms with Crippen LogP contribution in [0.3, 0.4) is 0 Å². The molecular weight excluding hydrogens is 816 g/mol. The van der Waals surface area contributed by atoms with Crippen molar-refractivity contribution in [3.63, 3.8) is 0 Å². The van der Waals surface area contributed by atoms with Crippen LogP contribution in [0.2, 0.25) is 0 Å². The Morgan fingerprint density at radius 1 is 0.484 bits per heavy atom. The number of aliphatic hydroxyl groups excluding tert-OH is 1. The number of aliphatic hydroxyl groups is 1. The van der Waals surface area contributed by atoms with E-state index < -0.39 is 20.0 Å². The lowest BCUT2D eigenvalue weighted by Gasteiger charge is -2.30. The summed E-state index contributed by atoms with van der Waals surface area (Å²) in [5.41, 5.74) is 0. The van der Waals surface area contributed by atoms with E-state index in [2.05, 4.69) is 19.2 Å². The molecule has 0 bridgehead atoms. The number of carbonyl (C=O) groups excluding carboxylic acids is 1. The predicted molar refractivity (Wildman–Crippen MR) is 275 cm³/mol. The summed E-state index contributed by atoms with van der Waals surface area (Å²) in [5.74, 6) is -0.158. The van der Waals surface area contributed by atoms with Crippen molar-refractivity contribution in [2.75, 3.05) is 40.9 Å². The number of amides is 1. The maximum atomic E-state index is 12.9. The second-order valence-corrected chi connectivity index (χ2v) is 22.4. The zero-order valence-corrected chi connectivity index (χ0v) is 44.7. The minimum Gasteiger partial charge on any atom is -0.756 e. The fraction of sp³-hybridized carbons (Fsp3) is 0.982. The van der Waals surface area contributed by atoms with Crippen molar-refractivity contribution >= 4 is 13.7 Å². The summed E-state index contributed by atoms with van der Waals surface area (Å²) in [7, 11) is 1.32. The number of phosphoric ester groups is 1. The first kappa shape index (κ1) is 63.5. The molecular formula is C55H113N2O6P. The number of quaternary nitrogens is 1. The summed E-state index contributed by atoms with van der Waals surface area (Å²) >= 11 is 0. The Balaban J connectivity index is 3.96. The van der Waals surface area contributed by atoms with Gasteiger partial charge in [-0.3, -0.25) is 9.36 Å². The van der Waals surface area contributed by atoms with Crippen LogP contribution in [0.5, 0.6) is 0 Å². The van der Waals surface area contributed by atoms with Gasteiger partial charge in [0.1, 0.15) is 13.2 Å². The predicted octanol–water partition coefficient (Wildman–Crippen LogP) is 16.2. The quantitative estimate of drug-likeness (QED) is 0.0357. The second-order valence-electron chi connectivity index (χ2n) is 21.0. The molecule has 1 amide bonds. The van der Waals surface area contributed by atoms with E-state index in [4.69, 9.17) is 9.05 Å². The number of nitrogens with zero attached hydrogens (tertiary/aromatic N) is 1. The van der Waals surface area contributed by atoms with Crippen molar-refractivity contribution in [1.82, 2.24) is 5.32 Å². The Labute approximate surface area is 399 Å². The summed E-state index contributed by atoms with van der Waals surface area (Å²) < 4.78 is 23.3. The molecule has 0 rings (SSSR count). The first-order valence-corrected chi connectivity index (χ1v) is 29.8. The van der Waals surface area contributed by atoms with Gasteiger partial charge in [0, 0.05) is 6.42 Å². The van der Waals surface area contributed by atoms with E-state index >= 15 is 0 Å². The average molecular weight is 929 g/mol. The Bertz CT molecular complexity index is 1010. The highest BCUT2D eigenvalue weighted by atomic mass is 31.2. The van der Waals surface area contributed by atoms with Crippen LogP contribution in [0.4, 0.5) is 0 Å². The van der Waals surface area contributed by atoms with E-state index in [0.717, 1.165) is 38.5 Å². The molecule has 0 aromatic rings. The largest absolute Gasteiger partial charge is 0.756 e. The molecule has 0 fully saturated rings. The minimum absolute atomic E-state index is 0.0163. The highest BCUT2D eigenvalue weighted by Crippen LogP contribution is 2.38. The van der Waals surface area contributed by atoms with Crippen LogP contribution in [-0.4, -0.2) is 68.5 Å². The van der Waals surface area contributed by atoms with E-state index in [1.807, 2.05) is 21.1 Å². The second kappa shape index (κ2) is 47.6. The molecule has 0 radical (unpaired) electrons. The van der Waals surface area contributed by atoms with Gasteiger partial charge in [-0.25, -0.2) is 0 Å².